The van der Waals surface area contributed by atoms with Gasteiger partial charge in [-0.15, -0.1) is 0 Å². The van der Waals surface area contributed by atoms with E-state index in [1.54, 1.807) is 20.1 Å². The first-order valence-corrected chi connectivity index (χ1v) is 7.79. The third kappa shape index (κ3) is 4.02. The number of hydrogen-bond acceptors (Lipinski definition) is 3. The molecule has 0 heterocycles. The van der Waals surface area contributed by atoms with E-state index >= 15 is 0 Å². The van der Waals surface area contributed by atoms with Crippen LogP contribution in [0.25, 0.3) is 0 Å². The first-order valence-electron chi connectivity index (χ1n) is 7.79. The van der Waals surface area contributed by atoms with Crippen molar-refractivity contribution in [1.29, 1.82) is 0 Å². The van der Waals surface area contributed by atoms with Crippen LogP contribution in [-0.4, -0.2) is 37.7 Å². The average molecular weight is 294 g/mol. The Morgan fingerprint density at radius 1 is 1.43 bits per heavy atom. The number of benzene rings is 1. The van der Waals surface area contributed by atoms with Gasteiger partial charge in [-0.25, -0.2) is 4.39 Å². The predicted octanol–water partition coefficient (Wildman–Crippen LogP) is 2.88. The van der Waals surface area contributed by atoms with Gasteiger partial charge in [-0.1, -0.05) is 12.1 Å². The minimum absolute atomic E-state index is 0.0471. The first kappa shape index (κ1) is 16.4. The van der Waals surface area contributed by atoms with Crippen LogP contribution in [0.15, 0.2) is 18.2 Å². The second kappa shape index (κ2) is 7.34. The highest BCUT2D eigenvalue weighted by atomic mass is 19.1. The van der Waals surface area contributed by atoms with Crippen LogP contribution in [0.5, 0.6) is 0 Å². The van der Waals surface area contributed by atoms with Crippen molar-refractivity contribution in [2.75, 3.05) is 26.8 Å². The minimum atomic E-state index is -0.156. The number of nitrogens with two attached hydrogens (primary N) is 1. The maximum absolute atomic E-state index is 13.9. The van der Waals surface area contributed by atoms with Crippen LogP contribution in [0.3, 0.4) is 0 Å². The van der Waals surface area contributed by atoms with Gasteiger partial charge in [0.1, 0.15) is 5.82 Å². The molecule has 1 aromatic rings. The van der Waals surface area contributed by atoms with Gasteiger partial charge in [-0.2, -0.15) is 0 Å². The molecule has 0 spiro atoms. The van der Waals surface area contributed by atoms with E-state index in [1.807, 2.05) is 12.1 Å². The van der Waals surface area contributed by atoms with Crippen LogP contribution >= 0.6 is 0 Å². The zero-order valence-electron chi connectivity index (χ0n) is 13.3. The molecule has 1 fully saturated rings. The molecule has 0 radical (unpaired) electrons. The molecule has 1 aliphatic rings. The van der Waals surface area contributed by atoms with Gasteiger partial charge >= 0.3 is 0 Å². The summed E-state index contributed by atoms with van der Waals surface area (Å²) in [4.78, 5) is 2.38. The van der Waals surface area contributed by atoms with Gasteiger partial charge in [0.15, 0.2) is 0 Å². The van der Waals surface area contributed by atoms with Crippen molar-refractivity contribution in [1.82, 2.24) is 4.90 Å². The Labute approximate surface area is 127 Å². The van der Waals surface area contributed by atoms with E-state index in [1.165, 1.54) is 12.8 Å². The van der Waals surface area contributed by atoms with Crippen molar-refractivity contribution >= 4 is 0 Å². The number of hydrogen-bond donors (Lipinski definition) is 1. The number of aryl methyl sites for hydroxylation is 1. The molecule has 0 amide bonds. The van der Waals surface area contributed by atoms with Crippen LogP contribution in [0, 0.1) is 18.7 Å². The van der Waals surface area contributed by atoms with Crippen LogP contribution < -0.4 is 5.73 Å². The van der Waals surface area contributed by atoms with E-state index in [0.29, 0.717) is 24.8 Å². The normalized spacial score (nSPS) is 18.0. The molecule has 4 heteroatoms. The molecule has 3 nitrogen and oxygen atoms in total. The molecular formula is C17H27FN2O. The second-order valence-electron chi connectivity index (χ2n) is 6.07. The number of methoxy groups -OCH3 is 1. The lowest BCUT2D eigenvalue weighted by Crippen LogP contribution is -2.43. The fourth-order valence-electron chi connectivity index (χ4n) is 2.97. The summed E-state index contributed by atoms with van der Waals surface area (Å²) in [7, 11) is 1.71. The third-order valence-electron chi connectivity index (χ3n) is 4.59. The average Bonchev–Trinajstić information content (AvgIpc) is 3.30. The topological polar surface area (TPSA) is 38.5 Å². The highest BCUT2D eigenvalue weighted by molar-refractivity contribution is 5.26. The van der Waals surface area contributed by atoms with Crippen molar-refractivity contribution < 1.29 is 9.13 Å². The van der Waals surface area contributed by atoms with Gasteiger partial charge in [0, 0.05) is 32.3 Å². The molecule has 2 atom stereocenters. The number of nitrogens with zero attached hydrogens (tertiary/aromatic N) is 1. The predicted molar refractivity (Wildman–Crippen MR) is 83.7 cm³/mol. The lowest BCUT2D eigenvalue weighted by molar-refractivity contribution is 0.0833. The highest BCUT2D eigenvalue weighted by Crippen LogP contribution is 2.38. The SMILES string of the molecule is COCCN(C(CN)c1ccc(C)c(F)c1)C(C)C1CC1. The molecule has 0 aliphatic heterocycles. The van der Waals surface area contributed by atoms with Crippen molar-refractivity contribution in [2.45, 2.75) is 38.8 Å². The van der Waals surface area contributed by atoms with E-state index in [2.05, 4.69) is 11.8 Å². The standard InChI is InChI=1S/C17H27FN2O/c1-12-4-5-15(10-16(12)18)17(11-19)20(8-9-21-3)13(2)14-6-7-14/h4-5,10,13-14,17H,6-9,11,19H2,1-3H3. The Morgan fingerprint density at radius 3 is 2.67 bits per heavy atom. The van der Waals surface area contributed by atoms with Gasteiger partial charge in [0.25, 0.3) is 0 Å². The smallest absolute Gasteiger partial charge is 0.126 e. The summed E-state index contributed by atoms with van der Waals surface area (Å²) < 4.78 is 19.1. The molecule has 0 saturated heterocycles. The number of halogens is 1. The van der Waals surface area contributed by atoms with Gasteiger partial charge in [0.05, 0.1) is 6.61 Å². The molecule has 2 unspecified atom stereocenters. The van der Waals surface area contributed by atoms with Crippen LogP contribution in [0.2, 0.25) is 0 Å². The van der Waals surface area contributed by atoms with Crippen LogP contribution in [0.1, 0.15) is 36.9 Å². The van der Waals surface area contributed by atoms with Crippen molar-refractivity contribution in [3.63, 3.8) is 0 Å². The van der Waals surface area contributed by atoms with E-state index < -0.39 is 0 Å². The molecule has 0 aromatic heterocycles. The highest BCUT2D eigenvalue weighted by Gasteiger charge is 2.35. The molecule has 2 rings (SSSR count). The fourth-order valence-corrected chi connectivity index (χ4v) is 2.97. The summed E-state index contributed by atoms with van der Waals surface area (Å²) >= 11 is 0. The molecule has 118 valence electrons. The third-order valence-corrected chi connectivity index (χ3v) is 4.59. The molecular weight excluding hydrogens is 267 g/mol. The second-order valence-corrected chi connectivity index (χ2v) is 6.07. The maximum Gasteiger partial charge on any atom is 0.126 e. The Bertz CT molecular complexity index is 462. The van der Waals surface area contributed by atoms with E-state index in [0.717, 1.165) is 18.0 Å². The Kier molecular flexibility index (Phi) is 5.73. The van der Waals surface area contributed by atoms with Crippen LogP contribution in [-0.2, 0) is 4.74 Å². The van der Waals surface area contributed by atoms with E-state index in [9.17, 15) is 4.39 Å². The molecule has 2 N–H and O–H groups in total. The fraction of sp³-hybridized carbons (Fsp3) is 0.647. The zero-order valence-corrected chi connectivity index (χ0v) is 13.3. The lowest BCUT2D eigenvalue weighted by Gasteiger charge is -2.36. The van der Waals surface area contributed by atoms with Gasteiger partial charge in [-0.3, -0.25) is 4.90 Å². The molecule has 0 bridgehead atoms. The summed E-state index contributed by atoms with van der Waals surface area (Å²) in [6, 6.07) is 5.97. The minimum Gasteiger partial charge on any atom is -0.383 e. The van der Waals surface area contributed by atoms with Crippen molar-refractivity contribution in [3.8, 4) is 0 Å². The van der Waals surface area contributed by atoms with E-state index in [-0.39, 0.29) is 11.9 Å². The van der Waals surface area contributed by atoms with Crippen molar-refractivity contribution in [3.05, 3.63) is 35.1 Å². The summed E-state index contributed by atoms with van der Waals surface area (Å²) in [5, 5.41) is 0. The maximum atomic E-state index is 13.9. The van der Waals surface area contributed by atoms with E-state index in [4.69, 9.17) is 10.5 Å². The molecule has 1 aromatic carbocycles. The lowest BCUT2D eigenvalue weighted by atomic mass is 10.0. The summed E-state index contributed by atoms with van der Waals surface area (Å²) in [6.45, 7) is 6.02. The Hall–Kier alpha value is -0.970. The Morgan fingerprint density at radius 2 is 2.14 bits per heavy atom. The summed E-state index contributed by atoms with van der Waals surface area (Å²) in [5.74, 6) is 0.586. The number of rotatable bonds is 8. The Balaban J connectivity index is 2.22. The van der Waals surface area contributed by atoms with Gasteiger partial charge in [0.2, 0.25) is 0 Å². The molecule has 1 saturated carbocycles. The summed E-state index contributed by atoms with van der Waals surface area (Å²) in [6.07, 6.45) is 2.56. The summed E-state index contributed by atoms with van der Waals surface area (Å²) in [5.41, 5.74) is 7.66. The molecule has 1 aliphatic carbocycles. The van der Waals surface area contributed by atoms with Crippen molar-refractivity contribution in [2.24, 2.45) is 11.7 Å². The van der Waals surface area contributed by atoms with Gasteiger partial charge < -0.3 is 10.5 Å². The number of ether oxygens (including phenoxy) is 1. The largest absolute Gasteiger partial charge is 0.383 e. The zero-order chi connectivity index (χ0) is 15.4. The first-order chi connectivity index (χ1) is 10.1. The molecule has 21 heavy (non-hydrogen) atoms. The quantitative estimate of drug-likeness (QED) is 0.801. The van der Waals surface area contributed by atoms with Crippen LogP contribution in [0.4, 0.5) is 4.39 Å². The van der Waals surface area contributed by atoms with Gasteiger partial charge in [-0.05, 0) is 49.8 Å². The monoisotopic (exact) mass is 294 g/mol.